The van der Waals surface area contributed by atoms with E-state index in [-0.39, 0.29) is 22.3 Å². The van der Waals surface area contributed by atoms with Crippen LogP contribution >= 0.6 is 39.3 Å². The Bertz CT molecular complexity index is 704. The van der Waals surface area contributed by atoms with Crippen molar-refractivity contribution in [3.05, 3.63) is 62.8 Å². The molecule has 2 aromatic carbocycles. The van der Waals surface area contributed by atoms with Crippen LogP contribution in [-0.2, 0) is 0 Å². The highest BCUT2D eigenvalue weighted by molar-refractivity contribution is 9.10. The number of halogens is 3. The lowest BCUT2D eigenvalue weighted by molar-refractivity contribution is 0.0964. The lowest BCUT2D eigenvalue weighted by atomic mass is 9.92. The molecule has 1 nitrogen and oxygen atoms in total. The van der Waals surface area contributed by atoms with Crippen molar-refractivity contribution in [2.24, 2.45) is 0 Å². The molecule has 1 heterocycles. The zero-order chi connectivity index (χ0) is 14.3. The SMILES string of the molecule is O=C(c1ccc(Br)c(Cl)c1F)C1CSc2ccccc21. The van der Waals surface area contributed by atoms with Crippen LogP contribution in [0.15, 0.2) is 45.8 Å². The van der Waals surface area contributed by atoms with E-state index in [4.69, 9.17) is 11.6 Å². The minimum absolute atomic E-state index is 0.0465. The van der Waals surface area contributed by atoms with E-state index in [1.165, 1.54) is 6.07 Å². The molecule has 0 N–H and O–H groups in total. The number of hydrogen-bond donors (Lipinski definition) is 0. The average Bonchev–Trinajstić information content (AvgIpc) is 2.88. The summed E-state index contributed by atoms with van der Waals surface area (Å²) in [5.74, 6) is -0.525. The average molecular weight is 372 g/mol. The molecule has 0 aliphatic carbocycles. The molecule has 3 rings (SSSR count). The smallest absolute Gasteiger partial charge is 0.174 e. The van der Waals surface area contributed by atoms with E-state index >= 15 is 0 Å². The molecule has 0 saturated heterocycles. The maximum atomic E-state index is 14.2. The molecular formula is C15H9BrClFOS. The van der Waals surface area contributed by atoms with Gasteiger partial charge in [0.15, 0.2) is 11.6 Å². The first-order valence-corrected chi connectivity index (χ1v) is 8.14. The summed E-state index contributed by atoms with van der Waals surface area (Å²) in [6, 6.07) is 10.8. The fraction of sp³-hybridized carbons (Fsp3) is 0.133. The molecule has 0 radical (unpaired) electrons. The van der Waals surface area contributed by atoms with E-state index in [0.29, 0.717) is 10.2 Å². The molecule has 102 valence electrons. The maximum absolute atomic E-state index is 14.2. The molecule has 0 aromatic heterocycles. The summed E-state index contributed by atoms with van der Waals surface area (Å²) in [5.41, 5.74) is 1.03. The third-order valence-corrected chi connectivity index (χ3v) is 5.76. The van der Waals surface area contributed by atoms with Gasteiger partial charge in [-0.05, 0) is 39.7 Å². The lowest BCUT2D eigenvalue weighted by Gasteiger charge is -2.11. The quantitative estimate of drug-likeness (QED) is 0.525. The highest BCUT2D eigenvalue weighted by Gasteiger charge is 2.31. The van der Waals surface area contributed by atoms with E-state index in [9.17, 15) is 9.18 Å². The van der Waals surface area contributed by atoms with Gasteiger partial charge in [0.1, 0.15) is 0 Å². The molecule has 0 fully saturated rings. The molecule has 2 aromatic rings. The molecule has 1 aliphatic rings. The Morgan fingerprint density at radius 1 is 1.30 bits per heavy atom. The van der Waals surface area contributed by atoms with E-state index in [0.717, 1.165) is 10.5 Å². The summed E-state index contributed by atoms with van der Waals surface area (Å²) < 4.78 is 14.6. The monoisotopic (exact) mass is 370 g/mol. The van der Waals surface area contributed by atoms with Crippen LogP contribution in [0.2, 0.25) is 5.02 Å². The van der Waals surface area contributed by atoms with E-state index in [2.05, 4.69) is 15.9 Å². The standard InChI is InChI=1S/C15H9BrClFOS/c16-11-6-5-9(14(18)13(11)17)15(19)10-7-20-12-4-2-1-3-8(10)12/h1-6,10H,7H2. The van der Waals surface area contributed by atoms with Gasteiger partial charge in [-0.15, -0.1) is 11.8 Å². The van der Waals surface area contributed by atoms with E-state index in [1.54, 1.807) is 17.8 Å². The van der Waals surface area contributed by atoms with Crippen molar-refractivity contribution in [2.45, 2.75) is 10.8 Å². The minimum Gasteiger partial charge on any atom is -0.293 e. The molecular weight excluding hydrogens is 363 g/mol. The van der Waals surface area contributed by atoms with E-state index < -0.39 is 5.82 Å². The van der Waals surface area contributed by atoms with Gasteiger partial charge in [0.05, 0.1) is 16.5 Å². The van der Waals surface area contributed by atoms with Crippen molar-refractivity contribution in [2.75, 3.05) is 5.75 Å². The molecule has 0 bridgehead atoms. The van der Waals surface area contributed by atoms with Crippen molar-refractivity contribution < 1.29 is 9.18 Å². The van der Waals surface area contributed by atoms with Crippen LogP contribution in [0.4, 0.5) is 4.39 Å². The van der Waals surface area contributed by atoms with Gasteiger partial charge in [-0.1, -0.05) is 29.8 Å². The van der Waals surface area contributed by atoms with Crippen molar-refractivity contribution >= 4 is 45.1 Å². The number of rotatable bonds is 2. The Kier molecular flexibility index (Phi) is 3.89. The molecule has 0 saturated carbocycles. The molecule has 5 heteroatoms. The van der Waals surface area contributed by atoms with Gasteiger partial charge < -0.3 is 0 Å². The predicted molar refractivity (Wildman–Crippen MR) is 83.3 cm³/mol. The highest BCUT2D eigenvalue weighted by atomic mass is 79.9. The summed E-state index contributed by atoms with van der Waals surface area (Å²) in [6.07, 6.45) is 0. The van der Waals surface area contributed by atoms with Crippen LogP contribution in [0.25, 0.3) is 0 Å². The molecule has 1 atom stereocenters. The van der Waals surface area contributed by atoms with Crippen LogP contribution in [-0.4, -0.2) is 11.5 Å². The second kappa shape index (κ2) is 5.51. The van der Waals surface area contributed by atoms with Crippen molar-refractivity contribution in [3.8, 4) is 0 Å². The Morgan fingerprint density at radius 2 is 2.05 bits per heavy atom. The normalized spacial score (nSPS) is 17.1. The molecule has 0 spiro atoms. The number of ketones is 1. The molecule has 1 aliphatic heterocycles. The second-order valence-electron chi connectivity index (χ2n) is 4.49. The van der Waals surface area contributed by atoms with Crippen LogP contribution in [0.1, 0.15) is 21.8 Å². The van der Waals surface area contributed by atoms with Crippen molar-refractivity contribution in [3.63, 3.8) is 0 Å². The summed E-state index contributed by atoms with van der Waals surface area (Å²) >= 11 is 10.6. The van der Waals surface area contributed by atoms with Gasteiger partial charge in [0, 0.05) is 15.1 Å². The lowest BCUT2D eigenvalue weighted by Crippen LogP contribution is -2.14. The number of carbonyl (C=O) groups is 1. The maximum Gasteiger partial charge on any atom is 0.174 e. The van der Waals surface area contributed by atoms with Gasteiger partial charge >= 0.3 is 0 Å². The first-order valence-electron chi connectivity index (χ1n) is 5.99. The zero-order valence-electron chi connectivity index (χ0n) is 10.2. The zero-order valence-corrected chi connectivity index (χ0v) is 13.4. The number of fused-ring (bicyclic) bond motifs is 1. The number of benzene rings is 2. The van der Waals surface area contributed by atoms with Gasteiger partial charge in [-0.25, -0.2) is 4.39 Å². The van der Waals surface area contributed by atoms with Crippen LogP contribution < -0.4 is 0 Å². The molecule has 20 heavy (non-hydrogen) atoms. The van der Waals surface area contributed by atoms with Gasteiger partial charge in [-0.2, -0.15) is 0 Å². The van der Waals surface area contributed by atoms with E-state index in [1.807, 2.05) is 24.3 Å². The summed E-state index contributed by atoms with van der Waals surface area (Å²) in [4.78, 5) is 13.7. The van der Waals surface area contributed by atoms with Gasteiger partial charge in [0.25, 0.3) is 0 Å². The first kappa shape index (κ1) is 14.1. The van der Waals surface area contributed by atoms with Crippen LogP contribution in [0, 0.1) is 5.82 Å². The highest BCUT2D eigenvalue weighted by Crippen LogP contribution is 2.41. The second-order valence-corrected chi connectivity index (χ2v) is 6.78. The predicted octanol–water partition coefficient (Wildman–Crippen LogP) is 5.31. The Labute approximate surface area is 133 Å². The Balaban J connectivity index is 2.01. The molecule has 0 amide bonds. The largest absolute Gasteiger partial charge is 0.293 e. The van der Waals surface area contributed by atoms with Crippen molar-refractivity contribution in [1.29, 1.82) is 0 Å². The summed E-state index contributed by atoms with van der Waals surface area (Å²) in [7, 11) is 0. The van der Waals surface area contributed by atoms with Gasteiger partial charge in [-0.3, -0.25) is 4.79 Å². The van der Waals surface area contributed by atoms with Gasteiger partial charge in [0.2, 0.25) is 0 Å². The van der Waals surface area contributed by atoms with Crippen molar-refractivity contribution in [1.82, 2.24) is 0 Å². The Morgan fingerprint density at radius 3 is 2.85 bits per heavy atom. The summed E-state index contributed by atoms with van der Waals surface area (Å²) in [6.45, 7) is 0. The van der Waals surface area contributed by atoms with Crippen LogP contribution in [0.5, 0.6) is 0 Å². The molecule has 1 unspecified atom stereocenters. The third-order valence-electron chi connectivity index (χ3n) is 3.32. The number of thioether (sulfide) groups is 1. The minimum atomic E-state index is -0.652. The van der Waals surface area contributed by atoms with Crippen LogP contribution in [0.3, 0.4) is 0 Å². The number of Topliss-reactive ketones (excluding diaryl/α,β-unsaturated/α-hetero) is 1. The topological polar surface area (TPSA) is 17.1 Å². The summed E-state index contributed by atoms with van der Waals surface area (Å²) in [5, 5.41) is -0.0465. The Hall–Kier alpha value is -0.840. The fourth-order valence-corrected chi connectivity index (χ4v) is 3.98. The number of carbonyl (C=O) groups excluding carboxylic acids is 1. The fourth-order valence-electron chi connectivity index (χ4n) is 2.28. The number of hydrogen-bond acceptors (Lipinski definition) is 2. The third kappa shape index (κ3) is 2.30. The first-order chi connectivity index (χ1) is 9.59.